The Morgan fingerprint density at radius 2 is 1.49 bits per heavy atom. The van der Waals surface area contributed by atoms with Crippen molar-refractivity contribution in [3.63, 3.8) is 0 Å². The van der Waals surface area contributed by atoms with Gasteiger partial charge in [-0.15, -0.1) is 0 Å². The van der Waals surface area contributed by atoms with E-state index >= 15 is 0 Å². The maximum atomic E-state index is 14.1. The number of carbonyl (C=O) groups excluding carboxylic acids is 2. The monoisotopic (exact) mass is 635 g/mol. The fraction of sp³-hybridized carbons (Fsp3) is 0.438. The fourth-order valence-corrected chi connectivity index (χ4v) is 5.51. The van der Waals surface area contributed by atoms with Crippen LogP contribution in [-0.2, 0) is 19.1 Å². The van der Waals surface area contributed by atoms with E-state index in [-0.39, 0.29) is 29.9 Å². The molecule has 0 amide bonds. The van der Waals surface area contributed by atoms with E-state index in [1.165, 1.54) is 18.2 Å². The number of methoxy groups -OCH3 is 1. The lowest BCUT2D eigenvalue weighted by Gasteiger charge is -2.36. The molecule has 9 nitrogen and oxygen atoms in total. The molecule has 1 fully saturated rings. The van der Waals surface area contributed by atoms with Gasteiger partial charge in [-0.05, 0) is 39.0 Å². The molecule has 1 unspecified atom stereocenters. The lowest BCUT2D eigenvalue weighted by molar-refractivity contribution is -0.253. The van der Waals surface area contributed by atoms with Crippen LogP contribution in [-0.4, -0.2) is 82.4 Å². The molecule has 2 aromatic carbocycles. The molecule has 45 heavy (non-hydrogen) atoms. The van der Waals surface area contributed by atoms with E-state index in [4.69, 9.17) is 14.2 Å². The van der Waals surface area contributed by atoms with E-state index < -0.39 is 36.1 Å². The van der Waals surface area contributed by atoms with Crippen LogP contribution in [0.25, 0.3) is 0 Å². The molecule has 0 aliphatic carbocycles. The molecule has 1 saturated heterocycles. The SMILES string of the molecule is CCOC(=O)C1=C(C)NC(C)=C(C(=O)OCCN2CCN(c3ccccc3OC)CC2)C1c1ccccc1OC(F)(F)C(F)F. The second-order valence-corrected chi connectivity index (χ2v) is 10.5. The van der Waals surface area contributed by atoms with E-state index in [0.717, 1.165) is 30.6 Å². The molecule has 2 aromatic rings. The van der Waals surface area contributed by atoms with Crippen LogP contribution < -0.4 is 19.7 Å². The second kappa shape index (κ2) is 14.7. The van der Waals surface area contributed by atoms with E-state index in [2.05, 4.69) is 19.9 Å². The van der Waals surface area contributed by atoms with Crippen LogP contribution in [0.4, 0.5) is 23.2 Å². The Hall–Kier alpha value is -4.26. The van der Waals surface area contributed by atoms with Crippen LogP contribution in [0, 0.1) is 0 Å². The Morgan fingerprint density at radius 3 is 2.09 bits per heavy atom. The summed E-state index contributed by atoms with van der Waals surface area (Å²) in [6.45, 7) is 8.04. The number of carbonyl (C=O) groups is 2. The lowest BCUT2D eigenvalue weighted by Crippen LogP contribution is -2.47. The first-order valence-corrected chi connectivity index (χ1v) is 14.6. The number of para-hydroxylation sites is 3. The molecule has 2 aliphatic rings. The predicted molar refractivity (Wildman–Crippen MR) is 159 cm³/mol. The largest absolute Gasteiger partial charge is 0.495 e. The van der Waals surface area contributed by atoms with Gasteiger partial charge in [-0.1, -0.05) is 30.3 Å². The maximum Gasteiger partial charge on any atom is 0.461 e. The summed E-state index contributed by atoms with van der Waals surface area (Å²) in [7, 11) is 1.63. The number of alkyl halides is 4. The molecule has 0 radical (unpaired) electrons. The molecule has 244 valence electrons. The Balaban J connectivity index is 1.52. The molecule has 0 bridgehead atoms. The highest BCUT2D eigenvalue weighted by molar-refractivity contribution is 6.00. The number of halogens is 4. The first kappa shape index (κ1) is 33.6. The molecular formula is C32H37F4N3O6. The zero-order valence-corrected chi connectivity index (χ0v) is 25.6. The minimum Gasteiger partial charge on any atom is -0.495 e. The molecule has 2 heterocycles. The molecule has 0 aromatic heterocycles. The standard InChI is InChI=1S/C32H37F4N3O6/c1-5-43-29(40)26-20(2)37-21(3)27(28(26)22-10-6-8-12-24(22)45-32(35,36)31(33)34)30(41)44-19-18-38-14-16-39(17-15-38)23-11-7-9-13-25(23)42-4/h6-13,28,31,37H,5,14-19H2,1-4H3. The van der Waals surface area contributed by atoms with Crippen molar-refractivity contribution in [2.75, 3.05) is 57.9 Å². The third kappa shape index (κ3) is 7.70. The minimum absolute atomic E-state index is 0.00325. The van der Waals surface area contributed by atoms with Gasteiger partial charge in [0.1, 0.15) is 18.1 Å². The molecule has 1 N–H and O–H groups in total. The Bertz CT molecular complexity index is 1440. The number of allylic oxidation sites excluding steroid dienone is 2. The van der Waals surface area contributed by atoms with E-state index in [0.29, 0.717) is 31.0 Å². The normalized spacial score (nSPS) is 17.7. The topological polar surface area (TPSA) is 89.6 Å². The molecular weight excluding hydrogens is 598 g/mol. The summed E-state index contributed by atoms with van der Waals surface area (Å²) in [5.41, 5.74) is 1.40. The third-order valence-corrected chi connectivity index (χ3v) is 7.64. The number of ether oxygens (including phenoxy) is 4. The van der Waals surface area contributed by atoms with Gasteiger partial charge in [0.25, 0.3) is 0 Å². The summed E-state index contributed by atoms with van der Waals surface area (Å²) in [5.74, 6) is -2.74. The number of benzene rings is 2. The van der Waals surface area contributed by atoms with Crippen molar-refractivity contribution in [1.82, 2.24) is 10.2 Å². The van der Waals surface area contributed by atoms with Gasteiger partial charge >= 0.3 is 24.5 Å². The molecule has 1 atom stereocenters. The zero-order chi connectivity index (χ0) is 32.7. The summed E-state index contributed by atoms with van der Waals surface area (Å²) < 4.78 is 75.1. The first-order valence-electron chi connectivity index (χ1n) is 14.6. The van der Waals surface area contributed by atoms with Crippen molar-refractivity contribution < 1.29 is 46.1 Å². The van der Waals surface area contributed by atoms with Gasteiger partial charge in [-0.25, -0.2) is 9.59 Å². The average Bonchev–Trinajstić information content (AvgIpc) is 3.01. The van der Waals surface area contributed by atoms with E-state index in [9.17, 15) is 27.2 Å². The maximum absolute atomic E-state index is 14.1. The van der Waals surface area contributed by atoms with Gasteiger partial charge in [0.05, 0.1) is 36.5 Å². The molecule has 2 aliphatic heterocycles. The van der Waals surface area contributed by atoms with Crippen molar-refractivity contribution in [1.29, 1.82) is 0 Å². The number of esters is 2. The smallest absolute Gasteiger partial charge is 0.461 e. The fourth-order valence-electron chi connectivity index (χ4n) is 5.51. The van der Waals surface area contributed by atoms with Gasteiger partial charge in [0.15, 0.2) is 0 Å². The Labute approximate surface area is 259 Å². The van der Waals surface area contributed by atoms with Gasteiger partial charge in [-0.2, -0.15) is 17.6 Å². The van der Waals surface area contributed by atoms with E-state index in [1.54, 1.807) is 27.9 Å². The lowest BCUT2D eigenvalue weighted by atomic mass is 9.80. The number of dihydropyridines is 1. The Morgan fingerprint density at radius 1 is 0.911 bits per heavy atom. The summed E-state index contributed by atoms with van der Waals surface area (Å²) in [5, 5.41) is 2.98. The molecule has 4 rings (SSSR count). The van der Waals surface area contributed by atoms with Crippen LogP contribution in [0.1, 0.15) is 32.3 Å². The summed E-state index contributed by atoms with van der Waals surface area (Å²) in [6, 6.07) is 13.0. The van der Waals surface area contributed by atoms with Crippen molar-refractivity contribution in [3.05, 3.63) is 76.6 Å². The van der Waals surface area contributed by atoms with Crippen molar-refractivity contribution in [2.45, 2.75) is 39.2 Å². The number of piperazine rings is 1. The predicted octanol–water partition coefficient (Wildman–Crippen LogP) is 5.10. The molecule has 0 spiro atoms. The van der Waals surface area contributed by atoms with Crippen LogP contribution >= 0.6 is 0 Å². The number of hydrogen-bond acceptors (Lipinski definition) is 9. The number of nitrogens with one attached hydrogen (secondary N) is 1. The van der Waals surface area contributed by atoms with Crippen LogP contribution in [0.2, 0.25) is 0 Å². The van der Waals surface area contributed by atoms with Gasteiger partial charge in [0, 0.05) is 49.7 Å². The number of hydrogen-bond donors (Lipinski definition) is 1. The average molecular weight is 636 g/mol. The first-order chi connectivity index (χ1) is 21.5. The highest BCUT2D eigenvalue weighted by Crippen LogP contribution is 2.44. The van der Waals surface area contributed by atoms with Crippen LogP contribution in [0.5, 0.6) is 11.5 Å². The zero-order valence-electron chi connectivity index (χ0n) is 25.6. The van der Waals surface area contributed by atoms with Crippen molar-refractivity contribution >= 4 is 17.6 Å². The van der Waals surface area contributed by atoms with Gasteiger partial charge < -0.3 is 29.2 Å². The van der Waals surface area contributed by atoms with E-state index in [1.807, 2.05) is 24.3 Å². The summed E-state index contributed by atoms with van der Waals surface area (Å²) >= 11 is 0. The van der Waals surface area contributed by atoms with Crippen molar-refractivity contribution in [2.24, 2.45) is 0 Å². The van der Waals surface area contributed by atoms with Crippen molar-refractivity contribution in [3.8, 4) is 11.5 Å². The third-order valence-electron chi connectivity index (χ3n) is 7.64. The second-order valence-electron chi connectivity index (χ2n) is 10.5. The summed E-state index contributed by atoms with van der Waals surface area (Å²) in [4.78, 5) is 31.1. The van der Waals surface area contributed by atoms with Crippen LogP contribution in [0.3, 0.4) is 0 Å². The number of nitrogens with zero attached hydrogens (tertiary/aromatic N) is 2. The molecule has 13 heteroatoms. The van der Waals surface area contributed by atoms with Crippen LogP contribution in [0.15, 0.2) is 71.1 Å². The highest BCUT2D eigenvalue weighted by atomic mass is 19.3. The van der Waals surface area contributed by atoms with Gasteiger partial charge in [-0.3, -0.25) is 4.90 Å². The minimum atomic E-state index is -4.82. The Kier molecular flexibility index (Phi) is 11.0. The van der Waals surface area contributed by atoms with Gasteiger partial charge in [0.2, 0.25) is 0 Å². The number of anilines is 1. The highest BCUT2D eigenvalue weighted by Gasteiger charge is 2.46. The number of rotatable bonds is 12. The molecule has 0 saturated carbocycles. The summed E-state index contributed by atoms with van der Waals surface area (Å²) in [6.07, 6.45) is -8.93. The quantitative estimate of drug-likeness (QED) is 0.253.